The number of para-hydroxylation sites is 1. The third-order valence-electron chi connectivity index (χ3n) is 7.04. The van der Waals surface area contributed by atoms with Crippen molar-refractivity contribution < 1.29 is 4.79 Å². The topological polar surface area (TPSA) is 71.9 Å². The zero-order chi connectivity index (χ0) is 23.8. The maximum absolute atomic E-state index is 12.8. The van der Waals surface area contributed by atoms with Crippen LogP contribution in [0.4, 0.5) is 5.69 Å². The predicted molar refractivity (Wildman–Crippen MR) is 135 cm³/mol. The number of nitriles is 1. The van der Waals surface area contributed by atoms with E-state index < -0.39 is 0 Å². The number of hydrogen-bond acceptors (Lipinski definition) is 3. The highest BCUT2D eigenvalue weighted by molar-refractivity contribution is 6.02. The fourth-order valence-electron chi connectivity index (χ4n) is 4.94. The molecular weight excluding hydrogens is 408 g/mol. The molecule has 1 aromatic heterocycles. The number of benzene rings is 2. The first-order chi connectivity index (χ1) is 15.7. The summed E-state index contributed by atoms with van der Waals surface area (Å²) in [7, 11) is 2.14. The molecule has 170 valence electrons. The molecule has 0 saturated heterocycles. The Kier molecular flexibility index (Phi) is 6.03. The van der Waals surface area contributed by atoms with Crippen molar-refractivity contribution in [3.05, 3.63) is 70.4 Å². The maximum atomic E-state index is 12.8. The largest absolute Gasteiger partial charge is 0.369 e. The van der Waals surface area contributed by atoms with Gasteiger partial charge in [-0.05, 0) is 86.1 Å². The molecule has 1 aliphatic rings. The van der Waals surface area contributed by atoms with Crippen LogP contribution in [-0.2, 0) is 11.2 Å². The molecule has 0 unspecified atom stereocenters. The average molecular weight is 441 g/mol. The molecule has 1 amide bonds. The fourth-order valence-corrected chi connectivity index (χ4v) is 4.94. The summed E-state index contributed by atoms with van der Waals surface area (Å²) >= 11 is 0. The lowest BCUT2D eigenvalue weighted by molar-refractivity contribution is -0.117. The second kappa shape index (κ2) is 8.78. The maximum Gasteiger partial charge on any atom is 0.261 e. The lowest BCUT2D eigenvalue weighted by Gasteiger charge is -2.45. The summed E-state index contributed by atoms with van der Waals surface area (Å²) in [6.45, 7) is 9.29. The van der Waals surface area contributed by atoms with E-state index in [0.717, 1.165) is 34.0 Å². The average Bonchev–Trinajstić information content (AvgIpc) is 3.19. The van der Waals surface area contributed by atoms with Gasteiger partial charge in [0.1, 0.15) is 11.6 Å². The number of aromatic amines is 1. The van der Waals surface area contributed by atoms with Crippen LogP contribution in [0.1, 0.15) is 55.4 Å². The molecule has 33 heavy (non-hydrogen) atoms. The summed E-state index contributed by atoms with van der Waals surface area (Å²) < 4.78 is 0. The van der Waals surface area contributed by atoms with E-state index in [1.165, 1.54) is 11.3 Å². The van der Waals surface area contributed by atoms with E-state index in [-0.39, 0.29) is 17.0 Å². The number of carbonyl (C=O) groups is 1. The molecule has 2 heterocycles. The van der Waals surface area contributed by atoms with Gasteiger partial charge in [0.05, 0.1) is 0 Å². The Hall–Kier alpha value is -3.52. The highest BCUT2D eigenvalue weighted by Crippen LogP contribution is 2.43. The van der Waals surface area contributed by atoms with Crippen molar-refractivity contribution in [1.29, 1.82) is 5.26 Å². The van der Waals surface area contributed by atoms with E-state index in [1.807, 2.05) is 31.3 Å². The van der Waals surface area contributed by atoms with Gasteiger partial charge in [-0.25, -0.2) is 0 Å². The minimum Gasteiger partial charge on any atom is -0.369 e. The van der Waals surface area contributed by atoms with Crippen LogP contribution in [0.5, 0.6) is 0 Å². The number of rotatable bonds is 5. The molecule has 0 aliphatic carbocycles. The number of fused-ring (bicyclic) bond motifs is 2. The second-order valence-corrected chi connectivity index (χ2v) is 9.78. The number of amides is 1. The van der Waals surface area contributed by atoms with E-state index in [1.54, 1.807) is 6.08 Å². The van der Waals surface area contributed by atoms with Crippen LogP contribution in [0.3, 0.4) is 0 Å². The van der Waals surface area contributed by atoms with Crippen LogP contribution in [-0.4, -0.2) is 30.0 Å². The van der Waals surface area contributed by atoms with Gasteiger partial charge in [0, 0.05) is 41.9 Å². The third kappa shape index (κ3) is 4.39. The summed E-state index contributed by atoms with van der Waals surface area (Å²) in [5.74, 6) is 0.0789. The van der Waals surface area contributed by atoms with Crippen molar-refractivity contribution in [1.82, 2.24) is 10.3 Å². The van der Waals surface area contributed by atoms with Crippen LogP contribution in [0, 0.1) is 18.3 Å². The van der Waals surface area contributed by atoms with Crippen molar-refractivity contribution in [2.24, 2.45) is 0 Å². The van der Waals surface area contributed by atoms with Gasteiger partial charge < -0.3 is 15.2 Å². The van der Waals surface area contributed by atoms with Gasteiger partial charge in [0.25, 0.3) is 5.91 Å². The highest BCUT2D eigenvalue weighted by Gasteiger charge is 2.34. The van der Waals surface area contributed by atoms with E-state index in [9.17, 15) is 10.1 Å². The highest BCUT2D eigenvalue weighted by atomic mass is 16.1. The number of aryl methyl sites for hydroxylation is 1. The van der Waals surface area contributed by atoms with Gasteiger partial charge in [-0.2, -0.15) is 5.26 Å². The summed E-state index contributed by atoms with van der Waals surface area (Å²) in [6.07, 6.45) is 5.46. The number of hydrogen-bond donors (Lipinski definition) is 2. The third-order valence-corrected chi connectivity index (χ3v) is 7.04. The van der Waals surface area contributed by atoms with Crippen LogP contribution in [0.2, 0.25) is 0 Å². The minimum absolute atomic E-state index is 0.0959. The van der Waals surface area contributed by atoms with Crippen molar-refractivity contribution in [2.45, 2.75) is 52.0 Å². The van der Waals surface area contributed by atoms with Crippen LogP contribution in [0.15, 0.2) is 48.2 Å². The molecular formula is C28H32N4O. The Morgan fingerprint density at radius 1 is 1.33 bits per heavy atom. The molecule has 1 aliphatic heterocycles. The molecule has 4 rings (SSSR count). The Morgan fingerprint density at radius 2 is 2.09 bits per heavy atom. The van der Waals surface area contributed by atoms with Crippen molar-refractivity contribution in [3.8, 4) is 6.07 Å². The van der Waals surface area contributed by atoms with Crippen molar-refractivity contribution in [3.63, 3.8) is 0 Å². The van der Waals surface area contributed by atoms with Gasteiger partial charge in [-0.15, -0.1) is 0 Å². The number of nitrogens with one attached hydrogen (secondary N) is 2. The first-order valence-electron chi connectivity index (χ1n) is 11.5. The smallest absolute Gasteiger partial charge is 0.261 e. The number of nitrogens with zero attached hydrogens (tertiary/aromatic N) is 2. The SMILES string of the molecule is Cc1cc2c(cc1/C=C(/C#N)C(=O)NCCc1c[nH]c3ccccc13)[C@@H](C)CC(C)(C)N2C. The molecule has 0 saturated carbocycles. The van der Waals surface area contributed by atoms with E-state index in [2.05, 4.69) is 67.3 Å². The van der Waals surface area contributed by atoms with E-state index in [0.29, 0.717) is 18.9 Å². The summed E-state index contributed by atoms with van der Waals surface area (Å²) in [4.78, 5) is 18.3. The lowest BCUT2D eigenvalue weighted by Crippen LogP contribution is -2.45. The van der Waals surface area contributed by atoms with Gasteiger partial charge >= 0.3 is 0 Å². The monoisotopic (exact) mass is 440 g/mol. The standard InChI is InChI=1S/C28H32N4O/c1-18-12-26-24(19(2)15-28(3,4)32(26)5)14-21(18)13-22(16-29)27(33)30-11-10-20-17-31-25-9-7-6-8-23(20)25/h6-9,12-14,17,19,31H,10-11,15H2,1-5H3,(H,30,33)/b22-13-/t19-/m0/s1. The number of H-pyrrole nitrogens is 1. The first-order valence-corrected chi connectivity index (χ1v) is 11.5. The van der Waals surface area contributed by atoms with E-state index in [4.69, 9.17) is 0 Å². The zero-order valence-electron chi connectivity index (χ0n) is 20.1. The van der Waals surface area contributed by atoms with Crippen LogP contribution >= 0.6 is 0 Å². The molecule has 0 fully saturated rings. The Morgan fingerprint density at radius 3 is 2.85 bits per heavy atom. The molecule has 0 bridgehead atoms. The predicted octanol–water partition coefficient (Wildman–Crippen LogP) is 5.46. The Bertz CT molecular complexity index is 1270. The van der Waals surface area contributed by atoms with Gasteiger partial charge in [0.2, 0.25) is 0 Å². The zero-order valence-corrected chi connectivity index (χ0v) is 20.1. The number of aromatic nitrogens is 1. The molecule has 2 aromatic carbocycles. The quantitative estimate of drug-likeness (QED) is 0.408. The molecule has 5 nitrogen and oxygen atoms in total. The Labute approximate surface area is 196 Å². The molecule has 3 aromatic rings. The van der Waals surface area contributed by atoms with Crippen LogP contribution in [0.25, 0.3) is 17.0 Å². The number of carbonyl (C=O) groups excluding carboxylic acids is 1. The first kappa shape index (κ1) is 22.7. The summed E-state index contributed by atoms with van der Waals surface area (Å²) in [6, 6.07) is 14.5. The number of anilines is 1. The van der Waals surface area contributed by atoms with Gasteiger partial charge in [-0.3, -0.25) is 4.79 Å². The van der Waals surface area contributed by atoms with Gasteiger partial charge in [0.15, 0.2) is 0 Å². The lowest BCUT2D eigenvalue weighted by atomic mass is 9.79. The minimum atomic E-state index is -0.333. The summed E-state index contributed by atoms with van der Waals surface area (Å²) in [5.41, 5.74) is 6.96. The Balaban J connectivity index is 1.51. The van der Waals surface area contributed by atoms with Crippen molar-refractivity contribution in [2.75, 3.05) is 18.5 Å². The van der Waals surface area contributed by atoms with Gasteiger partial charge in [-0.1, -0.05) is 25.1 Å². The molecule has 2 N–H and O–H groups in total. The normalized spacial score (nSPS) is 17.5. The van der Waals surface area contributed by atoms with Crippen molar-refractivity contribution >= 4 is 28.6 Å². The fraction of sp³-hybridized carbons (Fsp3) is 0.357. The van der Waals surface area contributed by atoms with Crippen LogP contribution < -0.4 is 10.2 Å². The molecule has 5 heteroatoms. The second-order valence-electron chi connectivity index (χ2n) is 9.78. The molecule has 0 spiro atoms. The van der Waals surface area contributed by atoms with E-state index >= 15 is 0 Å². The summed E-state index contributed by atoms with van der Waals surface area (Å²) in [5, 5.41) is 13.8. The molecule has 0 radical (unpaired) electrons. The molecule has 1 atom stereocenters.